The summed E-state index contributed by atoms with van der Waals surface area (Å²) in [6, 6.07) is -0.322. The van der Waals surface area contributed by atoms with E-state index in [0.29, 0.717) is 0 Å². The Bertz CT molecular complexity index is 338. The molecule has 19 heavy (non-hydrogen) atoms. The van der Waals surface area contributed by atoms with E-state index >= 15 is 0 Å². The average Bonchev–Trinajstić information content (AvgIpc) is 2.28. The number of carboxylic acid groups (broad SMARTS) is 1. The van der Waals surface area contributed by atoms with Crippen LogP contribution in [0.3, 0.4) is 0 Å². The fourth-order valence-corrected chi connectivity index (χ4v) is 2.33. The molecule has 0 aromatic rings. The number of hydrogen-bond donors (Lipinski definition) is 3. The fraction of sp³-hybridized carbons (Fsp3) is 0.769. The topological polar surface area (TPSA) is 95.5 Å². The molecule has 3 amide bonds. The van der Waals surface area contributed by atoms with Gasteiger partial charge in [-0.05, 0) is 18.8 Å². The SMILES string of the molecule is CC(CC(=O)O)CC(=O)NC(=O)NC1CCCCC1. The molecule has 1 aliphatic rings. The molecule has 0 aromatic carbocycles. The average molecular weight is 270 g/mol. The summed E-state index contributed by atoms with van der Waals surface area (Å²) >= 11 is 0. The van der Waals surface area contributed by atoms with Crippen LogP contribution in [0.5, 0.6) is 0 Å². The number of hydrogen-bond acceptors (Lipinski definition) is 3. The first kappa shape index (κ1) is 15.5. The van der Waals surface area contributed by atoms with Crippen LogP contribution in [-0.2, 0) is 9.59 Å². The largest absolute Gasteiger partial charge is 0.481 e. The van der Waals surface area contributed by atoms with Crippen LogP contribution in [-0.4, -0.2) is 29.1 Å². The van der Waals surface area contributed by atoms with Gasteiger partial charge in [0.1, 0.15) is 0 Å². The zero-order valence-corrected chi connectivity index (χ0v) is 11.3. The highest BCUT2D eigenvalue weighted by atomic mass is 16.4. The Hall–Kier alpha value is -1.59. The van der Waals surface area contributed by atoms with E-state index in [2.05, 4.69) is 10.6 Å². The number of aliphatic carboxylic acids is 1. The second kappa shape index (κ2) is 7.76. The van der Waals surface area contributed by atoms with E-state index in [1.165, 1.54) is 6.42 Å². The molecule has 0 heterocycles. The molecular formula is C13H22N2O4. The van der Waals surface area contributed by atoms with E-state index in [4.69, 9.17) is 5.11 Å². The van der Waals surface area contributed by atoms with Gasteiger partial charge in [-0.15, -0.1) is 0 Å². The summed E-state index contributed by atoms with van der Waals surface area (Å²) < 4.78 is 0. The van der Waals surface area contributed by atoms with E-state index < -0.39 is 17.9 Å². The van der Waals surface area contributed by atoms with Gasteiger partial charge >= 0.3 is 12.0 Å². The minimum Gasteiger partial charge on any atom is -0.481 e. The lowest BCUT2D eigenvalue weighted by Gasteiger charge is -2.22. The summed E-state index contributed by atoms with van der Waals surface area (Å²) in [6.45, 7) is 1.67. The second-order valence-electron chi connectivity index (χ2n) is 5.26. The van der Waals surface area contributed by atoms with Gasteiger partial charge in [0.25, 0.3) is 0 Å². The van der Waals surface area contributed by atoms with E-state index in [0.717, 1.165) is 25.7 Å². The summed E-state index contributed by atoms with van der Waals surface area (Å²) in [4.78, 5) is 33.6. The molecule has 0 bridgehead atoms. The van der Waals surface area contributed by atoms with Crippen molar-refractivity contribution in [1.82, 2.24) is 10.6 Å². The first-order valence-electron chi connectivity index (χ1n) is 6.79. The van der Waals surface area contributed by atoms with Crippen molar-refractivity contribution in [2.75, 3.05) is 0 Å². The standard InChI is InChI=1S/C13H22N2O4/c1-9(8-12(17)18)7-11(16)15-13(19)14-10-5-3-2-4-6-10/h9-10H,2-8H2,1H3,(H,17,18)(H2,14,15,16,19). The smallest absolute Gasteiger partial charge is 0.321 e. The van der Waals surface area contributed by atoms with E-state index in [-0.39, 0.29) is 24.8 Å². The van der Waals surface area contributed by atoms with Gasteiger partial charge in [0.05, 0.1) is 0 Å². The highest BCUT2D eigenvalue weighted by Gasteiger charge is 2.18. The van der Waals surface area contributed by atoms with Crippen LogP contribution in [0, 0.1) is 5.92 Å². The predicted molar refractivity (Wildman–Crippen MR) is 69.6 cm³/mol. The predicted octanol–water partition coefficient (Wildman–Crippen LogP) is 1.65. The number of nitrogens with one attached hydrogen (secondary N) is 2. The number of amides is 3. The molecule has 0 aliphatic heterocycles. The molecule has 0 aromatic heterocycles. The van der Waals surface area contributed by atoms with Gasteiger partial charge in [0.2, 0.25) is 5.91 Å². The molecule has 1 aliphatic carbocycles. The molecule has 1 unspecified atom stereocenters. The minimum atomic E-state index is -0.938. The quantitative estimate of drug-likeness (QED) is 0.707. The van der Waals surface area contributed by atoms with Crippen LogP contribution >= 0.6 is 0 Å². The third-order valence-electron chi connectivity index (χ3n) is 3.25. The van der Waals surface area contributed by atoms with Crippen molar-refractivity contribution in [3.63, 3.8) is 0 Å². The Kier molecular flexibility index (Phi) is 6.32. The van der Waals surface area contributed by atoms with Gasteiger partial charge in [-0.1, -0.05) is 26.2 Å². The number of carbonyl (C=O) groups is 3. The number of imide groups is 1. The normalized spacial score (nSPS) is 17.5. The molecule has 0 saturated heterocycles. The van der Waals surface area contributed by atoms with Crippen molar-refractivity contribution in [2.24, 2.45) is 5.92 Å². The van der Waals surface area contributed by atoms with Crippen LogP contribution in [0.1, 0.15) is 51.9 Å². The van der Waals surface area contributed by atoms with Gasteiger partial charge < -0.3 is 10.4 Å². The van der Waals surface area contributed by atoms with Crippen LogP contribution in [0.4, 0.5) is 4.79 Å². The van der Waals surface area contributed by atoms with Crippen molar-refractivity contribution in [2.45, 2.75) is 57.9 Å². The van der Waals surface area contributed by atoms with Crippen molar-refractivity contribution in [1.29, 1.82) is 0 Å². The highest BCUT2D eigenvalue weighted by molar-refractivity contribution is 5.94. The van der Waals surface area contributed by atoms with E-state index in [1.54, 1.807) is 6.92 Å². The minimum absolute atomic E-state index is 0.0460. The molecular weight excluding hydrogens is 248 g/mol. The first-order chi connectivity index (χ1) is 8.97. The second-order valence-corrected chi connectivity index (χ2v) is 5.26. The lowest BCUT2D eigenvalue weighted by atomic mass is 9.96. The zero-order valence-electron chi connectivity index (χ0n) is 11.3. The Morgan fingerprint density at radius 2 is 1.79 bits per heavy atom. The fourth-order valence-electron chi connectivity index (χ4n) is 2.33. The maximum Gasteiger partial charge on any atom is 0.321 e. The summed E-state index contributed by atoms with van der Waals surface area (Å²) in [5.74, 6) is -1.64. The van der Waals surface area contributed by atoms with Gasteiger partial charge in [-0.3, -0.25) is 14.9 Å². The maximum atomic E-state index is 11.6. The number of urea groups is 1. The molecule has 1 fully saturated rings. The molecule has 1 atom stereocenters. The highest BCUT2D eigenvalue weighted by Crippen LogP contribution is 2.17. The van der Waals surface area contributed by atoms with Gasteiger partial charge in [-0.25, -0.2) is 4.79 Å². The molecule has 1 rings (SSSR count). The molecule has 0 spiro atoms. The molecule has 3 N–H and O–H groups in total. The summed E-state index contributed by atoms with van der Waals surface area (Å²) in [5.41, 5.74) is 0. The number of carbonyl (C=O) groups excluding carboxylic acids is 2. The van der Waals surface area contributed by atoms with Crippen LogP contribution < -0.4 is 10.6 Å². The van der Waals surface area contributed by atoms with Crippen LogP contribution in [0.15, 0.2) is 0 Å². The lowest BCUT2D eigenvalue weighted by Crippen LogP contribution is -2.45. The van der Waals surface area contributed by atoms with Gasteiger partial charge in [-0.2, -0.15) is 0 Å². The Balaban J connectivity index is 2.23. The van der Waals surface area contributed by atoms with Gasteiger partial charge in [0.15, 0.2) is 0 Å². The maximum absolute atomic E-state index is 11.6. The monoisotopic (exact) mass is 270 g/mol. The number of carboxylic acids is 1. The molecule has 6 nitrogen and oxygen atoms in total. The Morgan fingerprint density at radius 1 is 1.16 bits per heavy atom. The summed E-state index contributed by atoms with van der Waals surface area (Å²) in [5, 5.41) is 13.6. The third kappa shape index (κ3) is 6.79. The van der Waals surface area contributed by atoms with Crippen LogP contribution in [0.2, 0.25) is 0 Å². The Morgan fingerprint density at radius 3 is 2.37 bits per heavy atom. The Labute approximate surface area is 112 Å². The van der Waals surface area contributed by atoms with E-state index in [1.807, 2.05) is 0 Å². The number of rotatable bonds is 5. The van der Waals surface area contributed by atoms with Crippen molar-refractivity contribution < 1.29 is 19.5 Å². The molecule has 6 heteroatoms. The van der Waals surface area contributed by atoms with Crippen molar-refractivity contribution in [3.8, 4) is 0 Å². The summed E-state index contributed by atoms with van der Waals surface area (Å²) in [6.07, 6.45) is 5.30. The van der Waals surface area contributed by atoms with Crippen molar-refractivity contribution >= 4 is 17.9 Å². The van der Waals surface area contributed by atoms with Crippen molar-refractivity contribution in [3.05, 3.63) is 0 Å². The van der Waals surface area contributed by atoms with E-state index in [9.17, 15) is 14.4 Å². The molecule has 108 valence electrons. The first-order valence-corrected chi connectivity index (χ1v) is 6.79. The molecule has 0 radical (unpaired) electrons. The van der Waals surface area contributed by atoms with Gasteiger partial charge in [0, 0.05) is 18.9 Å². The third-order valence-corrected chi connectivity index (χ3v) is 3.25. The van der Waals surface area contributed by atoms with Crippen LogP contribution in [0.25, 0.3) is 0 Å². The lowest BCUT2D eigenvalue weighted by molar-refractivity contribution is -0.138. The molecule has 1 saturated carbocycles. The summed E-state index contributed by atoms with van der Waals surface area (Å²) in [7, 11) is 0. The zero-order chi connectivity index (χ0) is 14.3.